The molecule has 1 aliphatic heterocycles. The highest BCUT2D eigenvalue weighted by Crippen LogP contribution is 2.17. The number of nitrogens with zero attached hydrogens (tertiary/aromatic N) is 2. The van der Waals surface area contributed by atoms with E-state index in [0.29, 0.717) is 18.0 Å². The number of rotatable bonds is 2. The van der Waals surface area contributed by atoms with Gasteiger partial charge in [-0.3, -0.25) is 0 Å². The topological polar surface area (TPSA) is 40.6 Å². The molecule has 0 aromatic heterocycles. The van der Waals surface area contributed by atoms with Gasteiger partial charge in [-0.1, -0.05) is 6.07 Å². The second kappa shape index (κ2) is 4.76. The van der Waals surface area contributed by atoms with Crippen LogP contribution in [0, 0.1) is 13.0 Å². The summed E-state index contributed by atoms with van der Waals surface area (Å²) in [6, 6.07) is 7.91. The quantitative estimate of drug-likeness (QED) is 0.780. The first-order chi connectivity index (χ1) is 8.00. The Morgan fingerprint density at radius 3 is 2.47 bits per heavy atom. The molecule has 1 saturated heterocycles. The van der Waals surface area contributed by atoms with E-state index in [2.05, 4.69) is 11.0 Å². The van der Waals surface area contributed by atoms with Crippen LogP contribution in [0.1, 0.15) is 5.56 Å². The Hall–Kier alpha value is -0.910. The van der Waals surface area contributed by atoms with Crippen molar-refractivity contribution in [3.05, 3.63) is 29.8 Å². The zero-order valence-electron chi connectivity index (χ0n) is 10.2. The molecule has 0 spiro atoms. The molecular formula is C12H17N2O2S. The van der Waals surface area contributed by atoms with Crippen LogP contribution in [0.25, 0.3) is 0 Å². The highest BCUT2D eigenvalue weighted by Gasteiger charge is 2.27. The normalized spacial score (nSPS) is 19.4. The van der Waals surface area contributed by atoms with E-state index in [0.717, 1.165) is 18.7 Å². The van der Waals surface area contributed by atoms with Gasteiger partial charge in [0.15, 0.2) is 0 Å². The van der Waals surface area contributed by atoms with Crippen LogP contribution in [-0.2, 0) is 10.0 Å². The highest BCUT2D eigenvalue weighted by atomic mass is 32.2. The van der Waals surface area contributed by atoms with E-state index in [9.17, 15) is 8.42 Å². The molecule has 0 aliphatic carbocycles. The summed E-state index contributed by atoms with van der Waals surface area (Å²) in [4.78, 5) is 2.51. The van der Waals surface area contributed by atoms with Gasteiger partial charge < -0.3 is 4.90 Å². The van der Waals surface area contributed by atoms with Crippen molar-refractivity contribution in [2.75, 3.05) is 33.2 Å². The predicted molar refractivity (Wildman–Crippen MR) is 66.3 cm³/mol. The van der Waals surface area contributed by atoms with Crippen molar-refractivity contribution in [1.82, 2.24) is 9.21 Å². The van der Waals surface area contributed by atoms with Crippen LogP contribution in [0.3, 0.4) is 0 Å². The monoisotopic (exact) mass is 253 g/mol. The van der Waals surface area contributed by atoms with Gasteiger partial charge in [0, 0.05) is 26.2 Å². The predicted octanol–water partition coefficient (Wildman–Crippen LogP) is 0.731. The lowest BCUT2D eigenvalue weighted by Crippen LogP contribution is -2.47. The van der Waals surface area contributed by atoms with Gasteiger partial charge in [-0.25, -0.2) is 8.42 Å². The maximum Gasteiger partial charge on any atom is 0.243 e. The molecule has 0 unspecified atom stereocenters. The third-order valence-corrected chi connectivity index (χ3v) is 4.91. The van der Waals surface area contributed by atoms with Crippen molar-refractivity contribution in [1.29, 1.82) is 0 Å². The van der Waals surface area contributed by atoms with Gasteiger partial charge in [-0.05, 0) is 37.7 Å². The van der Waals surface area contributed by atoms with Crippen LogP contribution in [0.5, 0.6) is 0 Å². The molecule has 1 aromatic carbocycles. The molecule has 1 heterocycles. The second-order valence-electron chi connectivity index (χ2n) is 4.41. The average molecular weight is 253 g/mol. The molecule has 93 valence electrons. The lowest BCUT2D eigenvalue weighted by Gasteiger charge is -2.31. The van der Waals surface area contributed by atoms with E-state index in [-0.39, 0.29) is 0 Å². The minimum Gasteiger partial charge on any atom is -0.304 e. The van der Waals surface area contributed by atoms with E-state index >= 15 is 0 Å². The molecular weight excluding hydrogens is 236 g/mol. The fraction of sp³-hybridized carbons (Fsp3) is 0.500. The summed E-state index contributed by atoms with van der Waals surface area (Å²) < 4.78 is 26.2. The van der Waals surface area contributed by atoms with Crippen molar-refractivity contribution < 1.29 is 8.42 Å². The maximum atomic E-state index is 12.3. The van der Waals surface area contributed by atoms with Crippen molar-refractivity contribution >= 4 is 10.0 Å². The first kappa shape index (κ1) is 12.5. The summed E-state index contributed by atoms with van der Waals surface area (Å²) in [5.74, 6) is 0. The van der Waals surface area contributed by atoms with Crippen molar-refractivity contribution in [2.24, 2.45) is 0 Å². The zero-order valence-corrected chi connectivity index (χ0v) is 11.0. The maximum absolute atomic E-state index is 12.3. The Morgan fingerprint density at radius 1 is 1.24 bits per heavy atom. The molecule has 0 atom stereocenters. The van der Waals surface area contributed by atoms with Crippen LogP contribution < -0.4 is 0 Å². The number of benzene rings is 1. The highest BCUT2D eigenvalue weighted by molar-refractivity contribution is 7.89. The first-order valence-electron chi connectivity index (χ1n) is 5.67. The molecule has 0 amide bonds. The molecule has 1 aliphatic rings. The average Bonchev–Trinajstić information content (AvgIpc) is 2.29. The van der Waals surface area contributed by atoms with Crippen molar-refractivity contribution in [2.45, 2.75) is 11.8 Å². The number of hydrogen-bond acceptors (Lipinski definition) is 3. The second-order valence-corrected chi connectivity index (χ2v) is 6.35. The van der Waals surface area contributed by atoms with Gasteiger partial charge in [0.25, 0.3) is 0 Å². The Labute approximate surface area is 103 Å². The van der Waals surface area contributed by atoms with E-state index in [1.807, 2.05) is 14.0 Å². The van der Waals surface area contributed by atoms with Gasteiger partial charge in [-0.2, -0.15) is 4.31 Å². The van der Waals surface area contributed by atoms with Crippen molar-refractivity contribution in [3.8, 4) is 0 Å². The summed E-state index contributed by atoms with van der Waals surface area (Å²) in [6.07, 6.45) is 0. The van der Waals surface area contributed by atoms with E-state index in [1.54, 1.807) is 22.5 Å². The fourth-order valence-corrected chi connectivity index (χ4v) is 3.40. The van der Waals surface area contributed by atoms with Crippen LogP contribution in [0.2, 0.25) is 0 Å². The standard InChI is InChI=1S/C12H17N2O2S/c1-11-4-3-5-12(10-11)17(15,16)14-8-6-13(2)7-9-14/h3,5,10H,6-9H2,1-2H3. The first-order valence-corrected chi connectivity index (χ1v) is 7.11. The molecule has 2 rings (SSSR count). The van der Waals surface area contributed by atoms with Crippen molar-refractivity contribution in [3.63, 3.8) is 0 Å². The van der Waals surface area contributed by atoms with Gasteiger partial charge in [-0.15, -0.1) is 0 Å². The molecule has 1 aromatic rings. The lowest BCUT2D eigenvalue weighted by atomic mass is 10.2. The number of sulfonamides is 1. The van der Waals surface area contributed by atoms with Gasteiger partial charge in [0.2, 0.25) is 10.0 Å². The summed E-state index contributed by atoms with van der Waals surface area (Å²) in [5.41, 5.74) is 0.847. The Balaban J connectivity index is 2.25. The number of piperazine rings is 1. The van der Waals surface area contributed by atoms with Crippen LogP contribution in [0.15, 0.2) is 23.1 Å². The van der Waals surface area contributed by atoms with Crippen LogP contribution >= 0.6 is 0 Å². The molecule has 1 fully saturated rings. The van der Waals surface area contributed by atoms with E-state index in [1.165, 1.54) is 0 Å². The molecule has 0 N–H and O–H groups in total. The molecule has 0 saturated carbocycles. The van der Waals surface area contributed by atoms with E-state index < -0.39 is 10.0 Å². The number of likely N-dealkylation sites (N-methyl/N-ethyl adjacent to an activating group) is 1. The van der Waals surface area contributed by atoms with Gasteiger partial charge in [0.05, 0.1) is 4.90 Å². The minimum atomic E-state index is -3.32. The summed E-state index contributed by atoms with van der Waals surface area (Å²) in [6.45, 7) is 4.56. The summed E-state index contributed by atoms with van der Waals surface area (Å²) in [7, 11) is -1.32. The molecule has 0 bridgehead atoms. The van der Waals surface area contributed by atoms with E-state index in [4.69, 9.17) is 0 Å². The number of hydrogen-bond donors (Lipinski definition) is 0. The largest absolute Gasteiger partial charge is 0.304 e. The molecule has 17 heavy (non-hydrogen) atoms. The van der Waals surface area contributed by atoms with Crippen LogP contribution in [-0.4, -0.2) is 50.8 Å². The third-order valence-electron chi connectivity index (χ3n) is 3.02. The smallest absolute Gasteiger partial charge is 0.243 e. The zero-order chi connectivity index (χ0) is 12.5. The van der Waals surface area contributed by atoms with Gasteiger partial charge >= 0.3 is 0 Å². The number of aryl methyl sites for hydroxylation is 1. The minimum absolute atomic E-state index is 0.373. The third kappa shape index (κ3) is 2.68. The lowest BCUT2D eigenvalue weighted by molar-refractivity contribution is 0.222. The summed E-state index contributed by atoms with van der Waals surface area (Å²) >= 11 is 0. The van der Waals surface area contributed by atoms with Crippen LogP contribution in [0.4, 0.5) is 0 Å². The summed E-state index contributed by atoms with van der Waals surface area (Å²) in [5, 5.41) is 0. The Kier molecular flexibility index (Phi) is 3.51. The molecule has 5 heteroatoms. The Bertz CT molecular complexity index is 491. The fourth-order valence-electron chi connectivity index (χ4n) is 1.90. The van der Waals surface area contributed by atoms with Gasteiger partial charge in [0.1, 0.15) is 0 Å². The molecule has 4 nitrogen and oxygen atoms in total. The molecule has 1 radical (unpaired) electrons. The Morgan fingerprint density at radius 2 is 1.88 bits per heavy atom. The SMILES string of the molecule is Cc1[c]ccc(S(=O)(=O)N2CCN(C)CC2)c1.